The van der Waals surface area contributed by atoms with Crippen LogP contribution in [0, 0.1) is 0 Å². The number of hydrogen-bond donors (Lipinski definition) is 2. The molecule has 1 atom stereocenters. The lowest BCUT2D eigenvalue weighted by Crippen LogP contribution is -2.34. The minimum absolute atomic E-state index is 0.0822. The molecule has 1 rings (SSSR count). The molecular formula is C6H12F2N2. The van der Waals surface area contributed by atoms with Crippen molar-refractivity contribution < 1.29 is 8.78 Å². The summed E-state index contributed by atoms with van der Waals surface area (Å²) in [6, 6.07) is -0.103. The fourth-order valence-corrected chi connectivity index (χ4v) is 1.03. The predicted octanol–water partition coefficient (Wildman–Crippen LogP) is 0.332. The van der Waals surface area contributed by atoms with Crippen LogP contribution in [0.4, 0.5) is 8.78 Å². The lowest BCUT2D eigenvalue weighted by Gasteiger charge is -2.11. The normalized spacial score (nSPS) is 33.3. The fraction of sp³-hybridized carbons (Fsp3) is 1.00. The Morgan fingerprint density at radius 2 is 2.20 bits per heavy atom. The van der Waals surface area contributed by atoms with Crippen LogP contribution in [0.25, 0.3) is 0 Å². The third-order valence-corrected chi connectivity index (χ3v) is 1.67. The zero-order valence-electron chi connectivity index (χ0n) is 5.74. The van der Waals surface area contributed by atoms with E-state index >= 15 is 0 Å². The molecule has 0 spiro atoms. The van der Waals surface area contributed by atoms with Gasteiger partial charge in [-0.15, -0.1) is 0 Å². The lowest BCUT2D eigenvalue weighted by molar-refractivity contribution is -0.00201. The average Bonchev–Trinajstić information content (AvgIpc) is 1.94. The molecule has 1 aliphatic heterocycles. The van der Waals surface area contributed by atoms with E-state index in [4.69, 9.17) is 5.73 Å². The third kappa shape index (κ3) is 2.19. The van der Waals surface area contributed by atoms with Gasteiger partial charge in [-0.3, -0.25) is 0 Å². The van der Waals surface area contributed by atoms with Crippen molar-refractivity contribution in [2.45, 2.75) is 24.8 Å². The number of hydrogen-bond acceptors (Lipinski definition) is 2. The molecule has 0 bridgehead atoms. The number of halogens is 2. The van der Waals surface area contributed by atoms with Crippen LogP contribution in [0.5, 0.6) is 0 Å². The summed E-state index contributed by atoms with van der Waals surface area (Å²) < 4.78 is 25.0. The number of rotatable bonds is 0. The van der Waals surface area contributed by atoms with Crippen molar-refractivity contribution in [3.05, 3.63) is 0 Å². The molecule has 0 saturated carbocycles. The van der Waals surface area contributed by atoms with Crippen LogP contribution in [0.3, 0.4) is 0 Å². The van der Waals surface area contributed by atoms with Gasteiger partial charge in [0.15, 0.2) is 0 Å². The molecule has 0 amide bonds. The number of nitrogens with two attached hydrogens (primary N) is 1. The largest absolute Gasteiger partial charge is 0.327 e. The topological polar surface area (TPSA) is 38.0 Å². The smallest absolute Gasteiger partial charge is 0.260 e. The summed E-state index contributed by atoms with van der Waals surface area (Å²) in [4.78, 5) is 0. The molecule has 1 saturated heterocycles. The first-order valence-corrected chi connectivity index (χ1v) is 3.44. The Kier molecular flexibility index (Phi) is 2.21. The zero-order chi connectivity index (χ0) is 7.61. The standard InChI is InChI=1S/C6H12F2N2/c7-6(8)2-1-5(9)3-10-4-6/h5,10H,1-4,9H2. The van der Waals surface area contributed by atoms with Crippen LogP contribution in [0.2, 0.25) is 0 Å². The van der Waals surface area contributed by atoms with Crippen LogP contribution in [0.1, 0.15) is 12.8 Å². The van der Waals surface area contributed by atoms with Gasteiger partial charge in [0.05, 0.1) is 6.54 Å². The monoisotopic (exact) mass is 150 g/mol. The summed E-state index contributed by atoms with van der Waals surface area (Å²) in [6.07, 6.45) is 0.334. The molecule has 0 aromatic rings. The third-order valence-electron chi connectivity index (χ3n) is 1.67. The highest BCUT2D eigenvalue weighted by Gasteiger charge is 2.31. The van der Waals surface area contributed by atoms with E-state index in [1.807, 2.05) is 0 Å². The van der Waals surface area contributed by atoms with Gasteiger partial charge in [0.2, 0.25) is 0 Å². The second kappa shape index (κ2) is 2.80. The Bertz CT molecular complexity index is 116. The van der Waals surface area contributed by atoms with Crippen LogP contribution in [-0.4, -0.2) is 25.1 Å². The molecule has 0 aromatic carbocycles. The molecule has 1 aliphatic rings. The van der Waals surface area contributed by atoms with Crippen LogP contribution >= 0.6 is 0 Å². The highest BCUT2D eigenvalue weighted by Crippen LogP contribution is 2.21. The maximum absolute atomic E-state index is 12.5. The highest BCUT2D eigenvalue weighted by atomic mass is 19.3. The Balaban J connectivity index is 2.41. The van der Waals surface area contributed by atoms with E-state index in [9.17, 15) is 8.78 Å². The second-order valence-electron chi connectivity index (χ2n) is 2.79. The van der Waals surface area contributed by atoms with Crippen molar-refractivity contribution in [3.63, 3.8) is 0 Å². The molecule has 0 aromatic heterocycles. The maximum Gasteiger partial charge on any atom is 0.260 e. The SMILES string of the molecule is NC1CCC(F)(F)CNC1. The van der Waals surface area contributed by atoms with Crippen LogP contribution in [-0.2, 0) is 0 Å². The van der Waals surface area contributed by atoms with Crippen molar-refractivity contribution in [2.75, 3.05) is 13.1 Å². The van der Waals surface area contributed by atoms with Gasteiger partial charge in [-0.2, -0.15) is 0 Å². The van der Waals surface area contributed by atoms with Gasteiger partial charge >= 0.3 is 0 Å². The van der Waals surface area contributed by atoms with E-state index in [1.54, 1.807) is 0 Å². The van der Waals surface area contributed by atoms with Gasteiger partial charge in [0, 0.05) is 19.0 Å². The summed E-state index contributed by atoms with van der Waals surface area (Å²) in [7, 11) is 0. The fourth-order valence-electron chi connectivity index (χ4n) is 1.03. The van der Waals surface area contributed by atoms with Crippen molar-refractivity contribution in [2.24, 2.45) is 5.73 Å². The predicted molar refractivity (Wildman–Crippen MR) is 35.0 cm³/mol. The van der Waals surface area contributed by atoms with Crippen LogP contribution in [0.15, 0.2) is 0 Å². The van der Waals surface area contributed by atoms with Crippen LogP contribution < -0.4 is 11.1 Å². The van der Waals surface area contributed by atoms with E-state index in [0.717, 1.165) is 0 Å². The molecular weight excluding hydrogens is 138 g/mol. The number of nitrogens with one attached hydrogen (secondary N) is 1. The Hall–Kier alpha value is -0.220. The molecule has 10 heavy (non-hydrogen) atoms. The molecule has 1 fully saturated rings. The van der Waals surface area contributed by atoms with Gasteiger partial charge in [0.1, 0.15) is 0 Å². The van der Waals surface area contributed by atoms with E-state index < -0.39 is 5.92 Å². The molecule has 0 radical (unpaired) electrons. The van der Waals surface area contributed by atoms with Gasteiger partial charge in [0.25, 0.3) is 5.92 Å². The summed E-state index contributed by atoms with van der Waals surface area (Å²) in [6.45, 7) is 0.288. The second-order valence-corrected chi connectivity index (χ2v) is 2.79. The number of alkyl halides is 2. The minimum Gasteiger partial charge on any atom is -0.327 e. The van der Waals surface area contributed by atoms with Crippen molar-refractivity contribution in [1.82, 2.24) is 5.32 Å². The summed E-state index contributed by atoms with van der Waals surface area (Å²) in [5.74, 6) is -2.55. The van der Waals surface area contributed by atoms with Crippen molar-refractivity contribution in [3.8, 4) is 0 Å². The Morgan fingerprint density at radius 1 is 1.50 bits per heavy atom. The van der Waals surface area contributed by atoms with Gasteiger partial charge in [-0.25, -0.2) is 8.78 Å². The van der Waals surface area contributed by atoms with Crippen molar-refractivity contribution in [1.29, 1.82) is 0 Å². The van der Waals surface area contributed by atoms with E-state index in [2.05, 4.69) is 5.32 Å². The Morgan fingerprint density at radius 3 is 2.90 bits per heavy atom. The van der Waals surface area contributed by atoms with Gasteiger partial charge in [-0.05, 0) is 6.42 Å². The maximum atomic E-state index is 12.5. The first-order chi connectivity index (χ1) is 4.60. The highest BCUT2D eigenvalue weighted by molar-refractivity contribution is 4.79. The van der Waals surface area contributed by atoms with Gasteiger partial charge < -0.3 is 11.1 Å². The molecule has 2 nitrogen and oxygen atoms in total. The van der Waals surface area contributed by atoms with E-state index in [1.165, 1.54) is 0 Å². The molecule has 4 heteroatoms. The molecule has 60 valence electrons. The summed E-state index contributed by atoms with van der Waals surface area (Å²) >= 11 is 0. The molecule has 0 aliphatic carbocycles. The first-order valence-electron chi connectivity index (χ1n) is 3.44. The van der Waals surface area contributed by atoms with Gasteiger partial charge in [-0.1, -0.05) is 0 Å². The summed E-state index contributed by atoms with van der Waals surface area (Å²) in [5, 5.41) is 2.61. The molecule has 1 heterocycles. The Labute approximate surface area is 58.8 Å². The molecule has 1 unspecified atom stereocenters. The van der Waals surface area contributed by atoms with Crippen molar-refractivity contribution >= 4 is 0 Å². The lowest BCUT2D eigenvalue weighted by atomic mass is 10.1. The quantitative estimate of drug-likeness (QED) is 0.522. The minimum atomic E-state index is -2.55. The summed E-state index contributed by atoms with van der Waals surface area (Å²) in [5.41, 5.74) is 5.46. The van der Waals surface area contributed by atoms with E-state index in [-0.39, 0.29) is 19.0 Å². The van der Waals surface area contributed by atoms with E-state index in [0.29, 0.717) is 13.0 Å². The average molecular weight is 150 g/mol. The zero-order valence-corrected chi connectivity index (χ0v) is 5.74. The first kappa shape index (κ1) is 7.88. The molecule has 3 N–H and O–H groups in total.